The number of hydrogen-bond acceptors (Lipinski definition) is 8. The number of carbonyl (C=O) groups excluding carboxylic acids is 3. The van der Waals surface area contributed by atoms with Gasteiger partial charge in [0, 0.05) is 40.5 Å². The molecular formula is C30H35F2NO6S. The Balaban J connectivity index is 1.40. The SMILES string of the molecule is CCC(=O)OCC(=O)[C@@]12ON(Cc3cccs3)C[C@@H]1C[C@H]1[C@@H]3C[C@H](F)C4=CC(=O)C=C[C@]4(C)[C@@]3(F)[C@@H](O)C[C@@]12C. The predicted octanol–water partition coefficient (Wildman–Crippen LogP) is 4.30. The minimum Gasteiger partial charge on any atom is -0.458 e. The van der Waals surface area contributed by atoms with Crippen molar-refractivity contribution in [2.24, 2.45) is 28.6 Å². The van der Waals surface area contributed by atoms with Gasteiger partial charge >= 0.3 is 5.97 Å². The fourth-order valence-electron chi connectivity index (χ4n) is 8.85. The summed E-state index contributed by atoms with van der Waals surface area (Å²) in [5.74, 6) is -3.09. The highest BCUT2D eigenvalue weighted by Crippen LogP contribution is 2.72. The zero-order valence-corrected chi connectivity index (χ0v) is 23.7. The molecule has 6 rings (SSSR count). The lowest BCUT2D eigenvalue weighted by Gasteiger charge is -2.63. The second kappa shape index (κ2) is 9.37. The summed E-state index contributed by atoms with van der Waals surface area (Å²) in [5.41, 5.74) is -6.19. The van der Waals surface area contributed by atoms with Crippen molar-refractivity contribution in [3.05, 3.63) is 46.2 Å². The third-order valence-electron chi connectivity index (χ3n) is 10.7. The highest BCUT2D eigenvalue weighted by atomic mass is 32.1. The highest BCUT2D eigenvalue weighted by Gasteiger charge is 2.79. The quantitative estimate of drug-likeness (QED) is 0.506. The number of ether oxygens (including phenoxy) is 1. The van der Waals surface area contributed by atoms with E-state index in [0.717, 1.165) is 4.88 Å². The molecule has 2 heterocycles. The first-order valence-electron chi connectivity index (χ1n) is 14.0. The zero-order chi connectivity index (χ0) is 28.7. The van der Waals surface area contributed by atoms with E-state index in [-0.39, 0.29) is 30.8 Å². The first kappa shape index (κ1) is 27.9. The summed E-state index contributed by atoms with van der Waals surface area (Å²) < 4.78 is 38.6. The van der Waals surface area contributed by atoms with E-state index < -0.39 is 70.4 Å². The van der Waals surface area contributed by atoms with Gasteiger partial charge < -0.3 is 9.84 Å². The molecule has 3 saturated carbocycles. The van der Waals surface area contributed by atoms with Gasteiger partial charge in [-0.3, -0.25) is 19.2 Å². The molecule has 4 fully saturated rings. The third-order valence-corrected chi connectivity index (χ3v) is 11.5. The smallest absolute Gasteiger partial charge is 0.305 e. The molecule has 10 heteroatoms. The minimum atomic E-state index is -2.24. The van der Waals surface area contributed by atoms with Crippen LogP contribution < -0.4 is 0 Å². The zero-order valence-electron chi connectivity index (χ0n) is 22.9. The van der Waals surface area contributed by atoms with Crippen molar-refractivity contribution >= 4 is 28.9 Å². The number of aliphatic hydroxyl groups is 1. The van der Waals surface area contributed by atoms with E-state index in [1.54, 1.807) is 30.2 Å². The summed E-state index contributed by atoms with van der Waals surface area (Å²) in [7, 11) is 0. The van der Waals surface area contributed by atoms with Crippen molar-refractivity contribution in [3.8, 4) is 0 Å². The van der Waals surface area contributed by atoms with E-state index in [0.29, 0.717) is 19.5 Å². The number of thiophene rings is 1. The van der Waals surface area contributed by atoms with Crippen molar-refractivity contribution in [2.75, 3.05) is 13.2 Å². The first-order chi connectivity index (χ1) is 18.9. The maximum atomic E-state index is 17.5. The second-order valence-electron chi connectivity index (χ2n) is 12.5. The predicted molar refractivity (Wildman–Crippen MR) is 142 cm³/mol. The Morgan fingerprint density at radius 2 is 2.05 bits per heavy atom. The Bertz CT molecular complexity index is 1300. The minimum absolute atomic E-state index is 0.0650. The summed E-state index contributed by atoms with van der Waals surface area (Å²) in [6.45, 7) is 5.41. The molecule has 0 bridgehead atoms. The van der Waals surface area contributed by atoms with E-state index in [9.17, 15) is 19.5 Å². The highest BCUT2D eigenvalue weighted by molar-refractivity contribution is 7.09. The van der Waals surface area contributed by atoms with Gasteiger partial charge in [-0.05, 0) is 61.3 Å². The molecule has 1 aromatic rings. The molecule has 40 heavy (non-hydrogen) atoms. The number of fused-ring (bicyclic) bond motifs is 7. The maximum Gasteiger partial charge on any atom is 0.305 e. The molecule has 5 aliphatic rings. The van der Waals surface area contributed by atoms with Crippen molar-refractivity contribution in [1.82, 2.24) is 5.06 Å². The van der Waals surface area contributed by atoms with Crippen LogP contribution in [0.2, 0.25) is 0 Å². The molecule has 1 aliphatic heterocycles. The Kier molecular flexibility index (Phi) is 6.53. The molecule has 4 aliphatic carbocycles. The van der Waals surface area contributed by atoms with Crippen molar-refractivity contribution in [1.29, 1.82) is 0 Å². The van der Waals surface area contributed by atoms with Gasteiger partial charge in [0.1, 0.15) is 6.17 Å². The molecular weight excluding hydrogens is 540 g/mol. The molecule has 9 atom stereocenters. The van der Waals surface area contributed by atoms with Crippen LogP contribution in [-0.4, -0.2) is 64.4 Å². The summed E-state index contributed by atoms with van der Waals surface area (Å²) in [6, 6.07) is 3.91. The molecule has 7 nitrogen and oxygen atoms in total. The third kappa shape index (κ3) is 3.58. The van der Waals surface area contributed by atoms with Gasteiger partial charge in [-0.15, -0.1) is 11.3 Å². The second-order valence-corrected chi connectivity index (χ2v) is 13.5. The van der Waals surface area contributed by atoms with Crippen LogP contribution in [0.25, 0.3) is 0 Å². The van der Waals surface area contributed by atoms with Gasteiger partial charge in [0.15, 0.2) is 23.7 Å². The average molecular weight is 576 g/mol. The molecule has 1 saturated heterocycles. The van der Waals surface area contributed by atoms with Crippen LogP contribution in [0, 0.1) is 28.6 Å². The summed E-state index contributed by atoms with van der Waals surface area (Å²) in [6.07, 6.45) is 0.953. The Morgan fingerprint density at radius 3 is 2.75 bits per heavy atom. The molecule has 1 aromatic heterocycles. The van der Waals surface area contributed by atoms with Gasteiger partial charge in [0.25, 0.3) is 0 Å². The standard InChI is InChI=1S/C30H35F2NO6S/c1-4-26(37)38-16-25(36)30-17(14-33(39-30)15-19-6-5-9-40-19)10-20-21-12-23(31)22-11-18(34)7-8-27(22,2)29(21,32)24(35)13-28(20,30)3/h5-9,11,17,20-21,23-24,35H,4,10,12-16H2,1-3H3/t17-,20-,21-,23-,24-,27-,28-,29-,30-/m0/s1. The number of ketones is 2. The number of esters is 1. The van der Waals surface area contributed by atoms with Gasteiger partial charge in [0.2, 0.25) is 5.78 Å². The Hall–Kier alpha value is -2.27. The van der Waals surface area contributed by atoms with E-state index in [2.05, 4.69) is 0 Å². The normalized spacial score (nSPS) is 43.9. The van der Waals surface area contributed by atoms with E-state index in [1.807, 2.05) is 24.4 Å². The lowest BCUT2D eigenvalue weighted by Crippen LogP contribution is -2.70. The van der Waals surface area contributed by atoms with Gasteiger partial charge in [0.05, 0.1) is 12.6 Å². The molecule has 0 spiro atoms. The monoisotopic (exact) mass is 575 g/mol. The topological polar surface area (TPSA) is 93.1 Å². The van der Waals surface area contributed by atoms with Crippen LogP contribution in [0.3, 0.4) is 0 Å². The number of allylic oxidation sites excluding steroid dienone is 4. The lowest BCUT2D eigenvalue weighted by molar-refractivity contribution is -0.269. The fraction of sp³-hybridized carbons (Fsp3) is 0.633. The Labute approximate surface area is 236 Å². The maximum absolute atomic E-state index is 17.5. The van der Waals surface area contributed by atoms with Crippen LogP contribution in [-0.2, 0) is 30.5 Å². The average Bonchev–Trinajstić information content (AvgIpc) is 3.61. The van der Waals surface area contributed by atoms with E-state index in [4.69, 9.17) is 9.57 Å². The molecule has 0 radical (unpaired) electrons. The fourth-order valence-corrected chi connectivity index (χ4v) is 9.56. The summed E-state index contributed by atoms with van der Waals surface area (Å²) >= 11 is 1.57. The van der Waals surface area contributed by atoms with Gasteiger partial charge in [-0.25, -0.2) is 8.78 Å². The number of hydrogen-bond donors (Lipinski definition) is 1. The number of Topliss-reactive ketones (excluding diaryl/α,β-unsaturated/α-hetero) is 1. The van der Waals surface area contributed by atoms with Crippen molar-refractivity contribution in [3.63, 3.8) is 0 Å². The number of halogens is 2. The van der Waals surface area contributed by atoms with Gasteiger partial charge in [-0.1, -0.05) is 26.0 Å². The first-order valence-corrected chi connectivity index (χ1v) is 14.9. The number of rotatable bonds is 6. The van der Waals surface area contributed by atoms with Crippen molar-refractivity contribution < 1.29 is 37.8 Å². The molecule has 0 amide bonds. The van der Waals surface area contributed by atoms with Crippen LogP contribution in [0.4, 0.5) is 8.78 Å². The van der Waals surface area contributed by atoms with Crippen molar-refractivity contribution in [2.45, 2.75) is 76.5 Å². The van der Waals surface area contributed by atoms with Crippen LogP contribution in [0.15, 0.2) is 41.3 Å². The largest absolute Gasteiger partial charge is 0.458 e. The van der Waals surface area contributed by atoms with E-state index >= 15 is 8.78 Å². The van der Waals surface area contributed by atoms with Crippen LogP contribution >= 0.6 is 11.3 Å². The summed E-state index contributed by atoms with van der Waals surface area (Å²) in [4.78, 5) is 45.8. The Morgan fingerprint density at radius 1 is 1.27 bits per heavy atom. The number of hydroxylamine groups is 2. The number of aliphatic hydroxyl groups excluding tert-OH is 1. The number of nitrogens with zero attached hydrogens (tertiary/aromatic N) is 1. The van der Waals surface area contributed by atoms with Crippen LogP contribution in [0.5, 0.6) is 0 Å². The van der Waals surface area contributed by atoms with E-state index in [1.165, 1.54) is 18.2 Å². The summed E-state index contributed by atoms with van der Waals surface area (Å²) in [5, 5.41) is 15.4. The molecule has 1 N–H and O–H groups in total. The van der Waals surface area contributed by atoms with Gasteiger partial charge in [-0.2, -0.15) is 5.06 Å². The lowest BCUT2D eigenvalue weighted by atomic mass is 9.44. The number of alkyl halides is 2. The van der Waals surface area contributed by atoms with Crippen LogP contribution in [0.1, 0.15) is 51.3 Å². The number of carbonyl (C=O) groups is 3. The molecule has 0 unspecified atom stereocenters. The molecule has 0 aromatic carbocycles. The molecule has 216 valence electrons.